The molecule has 0 bridgehead atoms. The second kappa shape index (κ2) is 36.9. The zero-order valence-corrected chi connectivity index (χ0v) is 31.3. The highest BCUT2D eigenvalue weighted by atomic mass is 32.1. The fourth-order valence-electron chi connectivity index (χ4n) is 3.58. The van der Waals surface area contributed by atoms with E-state index >= 15 is 0 Å². The van der Waals surface area contributed by atoms with Crippen LogP contribution in [0.1, 0.15) is 132 Å². The van der Waals surface area contributed by atoms with Crippen LogP contribution in [0, 0.1) is 0 Å². The summed E-state index contributed by atoms with van der Waals surface area (Å²) in [6, 6.07) is 0. The van der Waals surface area contributed by atoms with Gasteiger partial charge in [-0.3, -0.25) is 19.2 Å². The third-order valence-electron chi connectivity index (χ3n) is 6.15. The van der Waals surface area contributed by atoms with Crippen molar-refractivity contribution in [3.05, 3.63) is 0 Å². The van der Waals surface area contributed by atoms with Crippen molar-refractivity contribution >= 4 is 50.1 Å². The minimum atomic E-state index is -0.678. The van der Waals surface area contributed by atoms with E-state index in [9.17, 15) is 19.2 Å². The maximum Gasteiger partial charge on any atom is 0.132 e. The number of aliphatic hydroxyl groups excluding tert-OH is 8. The fourth-order valence-corrected chi connectivity index (χ4v) is 3.58. The normalized spacial score (nSPS) is 15.3. The van der Waals surface area contributed by atoms with Gasteiger partial charge in [-0.1, -0.05) is 27.7 Å². The lowest BCUT2D eigenvalue weighted by atomic mass is 10.1. The predicted octanol–water partition coefficient (Wildman–Crippen LogP) is 2.18. The summed E-state index contributed by atoms with van der Waals surface area (Å²) in [4.78, 5) is 41.9. The van der Waals surface area contributed by atoms with Gasteiger partial charge in [-0.05, 0) is 79.1 Å². The molecular formula is C32H68O12S2. The largest absolute Gasteiger partial charge is 0.393 e. The van der Waals surface area contributed by atoms with Crippen LogP contribution in [-0.2, 0) is 19.2 Å². The lowest BCUT2D eigenvalue weighted by Gasteiger charge is -2.12. The summed E-state index contributed by atoms with van der Waals surface area (Å²) in [5, 5.41) is 72.8. The molecule has 0 amide bonds. The van der Waals surface area contributed by atoms with Crippen LogP contribution in [0.4, 0.5) is 0 Å². The van der Waals surface area contributed by atoms with Crippen molar-refractivity contribution in [3.8, 4) is 0 Å². The summed E-state index contributed by atoms with van der Waals surface area (Å²) in [5.41, 5.74) is 0. The van der Waals surface area contributed by atoms with Crippen molar-refractivity contribution < 1.29 is 60.0 Å². The molecule has 0 aromatic carbocycles. The van der Waals surface area contributed by atoms with Crippen LogP contribution in [0.25, 0.3) is 0 Å². The van der Waals surface area contributed by atoms with Crippen LogP contribution < -0.4 is 0 Å². The number of aliphatic hydroxyl groups is 8. The predicted molar refractivity (Wildman–Crippen MR) is 190 cm³/mol. The van der Waals surface area contributed by atoms with Crippen LogP contribution in [0.3, 0.4) is 0 Å². The van der Waals surface area contributed by atoms with Crippen LogP contribution in [0.2, 0.25) is 0 Å². The summed E-state index contributed by atoms with van der Waals surface area (Å²) in [5.74, 6) is -0.164. The maximum absolute atomic E-state index is 10.5. The Morgan fingerprint density at radius 1 is 0.348 bits per heavy atom. The molecule has 0 rings (SSSR count). The van der Waals surface area contributed by atoms with Gasteiger partial charge in [0.2, 0.25) is 0 Å². The smallest absolute Gasteiger partial charge is 0.132 e. The Labute approximate surface area is 290 Å². The molecule has 14 heteroatoms. The van der Waals surface area contributed by atoms with Crippen molar-refractivity contribution in [2.75, 3.05) is 0 Å². The molecule has 0 aliphatic rings. The first-order chi connectivity index (χ1) is 20.2. The van der Waals surface area contributed by atoms with Gasteiger partial charge in [0.05, 0.1) is 48.8 Å². The number of carbonyl (C=O) groups excluding carboxylic acids is 4. The summed E-state index contributed by atoms with van der Waals surface area (Å²) < 4.78 is 0. The monoisotopic (exact) mass is 708 g/mol. The van der Waals surface area contributed by atoms with Gasteiger partial charge < -0.3 is 40.9 Å². The number of rotatable bonds is 20. The Hall–Kier alpha value is -0.940. The molecule has 8 atom stereocenters. The summed E-state index contributed by atoms with van der Waals surface area (Å²) in [7, 11) is 0. The average molecular weight is 709 g/mol. The Balaban J connectivity index is -0.000000114. The van der Waals surface area contributed by atoms with Crippen LogP contribution in [0.15, 0.2) is 0 Å². The maximum atomic E-state index is 10.5. The van der Waals surface area contributed by atoms with Gasteiger partial charge in [-0.2, -0.15) is 27.0 Å². The number of Topliss-reactive ketones (excluding diaryl/α,β-unsaturated/α-hetero) is 4. The second-order valence-corrected chi connectivity index (χ2v) is 11.4. The van der Waals surface area contributed by atoms with Gasteiger partial charge in [-0.15, -0.1) is 0 Å². The minimum absolute atomic E-state index is 0. The van der Waals surface area contributed by atoms with Gasteiger partial charge in [-0.25, -0.2) is 0 Å². The van der Waals surface area contributed by atoms with Crippen molar-refractivity contribution in [2.45, 2.75) is 181 Å². The summed E-state index contributed by atoms with van der Waals surface area (Å²) in [6.07, 6.45) is -0.355. The molecule has 0 aromatic rings. The molecule has 8 N–H and O–H groups in total. The van der Waals surface area contributed by atoms with Gasteiger partial charge in [0, 0.05) is 25.7 Å². The van der Waals surface area contributed by atoms with Crippen LogP contribution >= 0.6 is 27.0 Å². The number of carbonyl (C=O) groups is 4. The van der Waals surface area contributed by atoms with Crippen LogP contribution in [-0.4, -0.2) is 113 Å². The van der Waals surface area contributed by atoms with E-state index in [0.717, 1.165) is 0 Å². The van der Waals surface area contributed by atoms with E-state index in [2.05, 4.69) is 0 Å². The van der Waals surface area contributed by atoms with Crippen molar-refractivity contribution in [1.82, 2.24) is 0 Å². The highest BCUT2D eigenvalue weighted by molar-refractivity contribution is 7.59. The number of ketones is 4. The van der Waals surface area contributed by atoms with E-state index in [4.69, 9.17) is 40.9 Å². The molecule has 0 fully saturated rings. The molecule has 280 valence electrons. The Morgan fingerprint density at radius 3 is 0.565 bits per heavy atom. The van der Waals surface area contributed by atoms with E-state index in [-0.39, 0.29) is 75.8 Å². The van der Waals surface area contributed by atoms with E-state index in [0.29, 0.717) is 51.4 Å². The Bertz CT molecular complexity index is 622. The third kappa shape index (κ3) is 49.9. The fraction of sp³-hybridized carbons (Fsp3) is 0.875. The SMILES string of the molecule is CC[C@@H](O)C[C@@H](O)CC(C)=O.CC[C@@H](O)C[C@H](O)CC(C)=O.CC[C@H](O)C[C@@H](O)CC(C)=O.CC[C@H](O)C[C@H](O)CC(C)=O.S.S. The molecule has 0 heterocycles. The molecule has 0 radical (unpaired) electrons. The van der Waals surface area contributed by atoms with Crippen molar-refractivity contribution in [1.29, 1.82) is 0 Å². The lowest BCUT2D eigenvalue weighted by molar-refractivity contribution is -0.120. The molecule has 0 saturated carbocycles. The van der Waals surface area contributed by atoms with E-state index in [1.54, 1.807) is 0 Å². The standard InChI is InChI=1S/4C8H16O3.2H2S/c4*1-3-7(10)5-8(11)4-6(2)9;;/h4*7-8,10-11H,3-5H2,1-2H3;2*1H2/t2*7-,8+;2*7-,8-;;/m1010../s1. The number of hydrogen-bond acceptors (Lipinski definition) is 12. The third-order valence-corrected chi connectivity index (χ3v) is 6.15. The van der Waals surface area contributed by atoms with E-state index in [1.165, 1.54) is 27.7 Å². The topological polar surface area (TPSA) is 230 Å². The highest BCUT2D eigenvalue weighted by Gasteiger charge is 2.14. The molecule has 12 nitrogen and oxygen atoms in total. The molecular weight excluding hydrogens is 640 g/mol. The van der Waals surface area contributed by atoms with Gasteiger partial charge in [0.1, 0.15) is 23.1 Å². The molecule has 0 aliphatic heterocycles. The van der Waals surface area contributed by atoms with Crippen molar-refractivity contribution in [3.63, 3.8) is 0 Å². The second-order valence-electron chi connectivity index (χ2n) is 11.4. The molecule has 0 spiro atoms. The highest BCUT2D eigenvalue weighted by Crippen LogP contribution is 2.07. The molecule has 0 saturated heterocycles. The van der Waals surface area contributed by atoms with Gasteiger partial charge in [0.15, 0.2) is 0 Å². The Morgan fingerprint density at radius 2 is 0.478 bits per heavy atom. The minimum Gasteiger partial charge on any atom is -0.393 e. The van der Waals surface area contributed by atoms with Crippen molar-refractivity contribution in [2.24, 2.45) is 0 Å². The molecule has 0 unspecified atom stereocenters. The zero-order chi connectivity index (χ0) is 35.4. The van der Waals surface area contributed by atoms with Gasteiger partial charge >= 0.3 is 0 Å². The van der Waals surface area contributed by atoms with Crippen LogP contribution in [0.5, 0.6) is 0 Å². The lowest BCUT2D eigenvalue weighted by Crippen LogP contribution is -2.19. The van der Waals surface area contributed by atoms with Gasteiger partial charge in [0.25, 0.3) is 0 Å². The molecule has 46 heavy (non-hydrogen) atoms. The quantitative estimate of drug-likeness (QED) is 0.0910. The van der Waals surface area contributed by atoms with E-state index < -0.39 is 48.8 Å². The first-order valence-electron chi connectivity index (χ1n) is 15.7. The first-order valence-corrected chi connectivity index (χ1v) is 15.7. The zero-order valence-electron chi connectivity index (χ0n) is 29.3. The molecule has 0 aliphatic carbocycles. The summed E-state index contributed by atoms with van der Waals surface area (Å²) in [6.45, 7) is 13.1. The molecule has 0 aromatic heterocycles. The first kappa shape index (κ1) is 57.3. The summed E-state index contributed by atoms with van der Waals surface area (Å²) >= 11 is 0. The number of hydrogen-bond donors (Lipinski definition) is 8. The van der Waals surface area contributed by atoms with E-state index in [1.807, 2.05) is 27.7 Å². The Kier molecular flexibility index (Phi) is 46.0. The average Bonchev–Trinajstić information content (AvgIpc) is 2.87.